The predicted octanol–water partition coefficient (Wildman–Crippen LogP) is 5.36. The lowest BCUT2D eigenvalue weighted by molar-refractivity contribution is -0.144. The van der Waals surface area contributed by atoms with Gasteiger partial charge in [-0.1, -0.05) is 13.0 Å². The number of nitrogens with one attached hydrogen (secondary N) is 1. The molecule has 0 radical (unpaired) electrons. The Bertz CT molecular complexity index is 1330. The monoisotopic (exact) mass is 573 g/mol. The largest absolute Gasteiger partial charge is 0.481 e. The van der Waals surface area contributed by atoms with Gasteiger partial charge in [0, 0.05) is 18.4 Å². The number of hydrogen-bond acceptors (Lipinski definition) is 7. The molecular weight excluding hydrogens is 536 g/mol. The summed E-state index contributed by atoms with van der Waals surface area (Å²) < 4.78 is 46.5. The van der Waals surface area contributed by atoms with Crippen molar-refractivity contribution in [1.29, 1.82) is 0 Å². The minimum Gasteiger partial charge on any atom is -0.481 e. The van der Waals surface area contributed by atoms with Gasteiger partial charge in [0.2, 0.25) is 5.91 Å². The van der Waals surface area contributed by atoms with Gasteiger partial charge in [0.05, 0.1) is 43.7 Å². The van der Waals surface area contributed by atoms with Gasteiger partial charge in [-0.05, 0) is 69.1 Å². The highest BCUT2D eigenvalue weighted by Crippen LogP contribution is 2.32. The van der Waals surface area contributed by atoms with Crippen molar-refractivity contribution in [2.75, 3.05) is 25.6 Å². The maximum Gasteiger partial charge on any atom is 0.306 e. The van der Waals surface area contributed by atoms with Gasteiger partial charge in [0.25, 0.3) is 6.01 Å². The van der Waals surface area contributed by atoms with Crippen molar-refractivity contribution in [3.8, 4) is 0 Å². The van der Waals surface area contributed by atoms with Crippen molar-refractivity contribution in [2.24, 2.45) is 11.8 Å². The second-order valence-corrected chi connectivity index (χ2v) is 11.3. The zero-order valence-electron chi connectivity index (χ0n) is 23.4. The average molecular weight is 574 g/mol. The van der Waals surface area contributed by atoms with Crippen LogP contribution in [0, 0.1) is 17.7 Å². The summed E-state index contributed by atoms with van der Waals surface area (Å²) in [6.45, 7) is 2.65. The van der Waals surface area contributed by atoms with E-state index in [2.05, 4.69) is 10.3 Å². The number of carbonyl (C=O) groups excluding carboxylic acids is 1. The number of hydrogen-bond donors (Lipinski definition) is 2. The molecule has 1 aliphatic heterocycles. The summed E-state index contributed by atoms with van der Waals surface area (Å²) in [7, 11) is 1.59. The molecule has 2 aliphatic carbocycles. The number of nitrogens with zero attached hydrogens (tertiary/aromatic N) is 2. The van der Waals surface area contributed by atoms with Gasteiger partial charge in [0.1, 0.15) is 11.3 Å². The fraction of sp³-hybridized carbons (Fsp3) is 0.567. The first-order valence-electron chi connectivity index (χ1n) is 14.3. The summed E-state index contributed by atoms with van der Waals surface area (Å²) in [6, 6.07) is 2.90. The van der Waals surface area contributed by atoms with Gasteiger partial charge in [-0.2, -0.15) is 4.98 Å². The molecule has 222 valence electrons. The topological polar surface area (TPSA) is 114 Å². The van der Waals surface area contributed by atoms with E-state index in [1.807, 2.05) is 6.92 Å². The molecule has 0 spiro atoms. The number of amides is 1. The normalized spacial score (nSPS) is 26.6. The predicted molar refractivity (Wildman–Crippen MR) is 147 cm³/mol. The minimum atomic E-state index is -0.759. The second kappa shape index (κ2) is 12.7. The van der Waals surface area contributed by atoms with Crippen molar-refractivity contribution >= 4 is 29.0 Å². The zero-order valence-corrected chi connectivity index (χ0v) is 23.4. The smallest absolute Gasteiger partial charge is 0.306 e. The third-order valence-electron chi connectivity index (χ3n) is 8.48. The fourth-order valence-electron chi connectivity index (χ4n) is 6.11. The van der Waals surface area contributed by atoms with E-state index in [0.29, 0.717) is 56.5 Å². The van der Waals surface area contributed by atoms with Crippen LogP contribution in [0.3, 0.4) is 0 Å². The van der Waals surface area contributed by atoms with Gasteiger partial charge in [-0.25, -0.2) is 8.78 Å². The molecule has 9 nitrogen and oxygen atoms in total. The van der Waals surface area contributed by atoms with E-state index in [-0.39, 0.29) is 65.3 Å². The molecule has 5 rings (SSSR count). The van der Waals surface area contributed by atoms with E-state index < -0.39 is 11.8 Å². The number of anilines is 1. The molecule has 11 heteroatoms. The number of halogens is 2. The van der Waals surface area contributed by atoms with Crippen LogP contribution in [0.25, 0.3) is 11.1 Å². The number of likely N-dealkylation sites (tertiary alicyclic amines) is 1. The van der Waals surface area contributed by atoms with Crippen LogP contribution in [-0.4, -0.2) is 65.4 Å². The Balaban J connectivity index is 1.26. The van der Waals surface area contributed by atoms with Crippen LogP contribution in [0.2, 0.25) is 0 Å². The number of oxazole rings is 1. The van der Waals surface area contributed by atoms with Crippen LogP contribution in [0.1, 0.15) is 57.4 Å². The van der Waals surface area contributed by atoms with Crippen LogP contribution in [-0.2, 0) is 25.5 Å². The maximum atomic E-state index is 15.6. The molecule has 0 bridgehead atoms. The number of carbonyl (C=O) groups is 2. The fourth-order valence-corrected chi connectivity index (χ4v) is 6.11. The van der Waals surface area contributed by atoms with E-state index >= 15 is 4.39 Å². The Morgan fingerprint density at radius 1 is 1.12 bits per heavy atom. The Labute approximate surface area is 237 Å². The first-order valence-corrected chi connectivity index (χ1v) is 14.3. The van der Waals surface area contributed by atoms with Gasteiger partial charge in [-0.15, -0.1) is 0 Å². The maximum absolute atomic E-state index is 15.6. The van der Waals surface area contributed by atoms with Crippen molar-refractivity contribution in [1.82, 2.24) is 9.88 Å². The molecule has 1 saturated heterocycles. The first-order chi connectivity index (χ1) is 19.7. The number of carboxylic acid groups (broad SMARTS) is 1. The number of methoxy groups -OCH3 is 1. The van der Waals surface area contributed by atoms with Gasteiger partial charge in [-0.3, -0.25) is 9.59 Å². The summed E-state index contributed by atoms with van der Waals surface area (Å²) in [5.74, 6) is -2.28. The lowest BCUT2D eigenvalue weighted by Gasteiger charge is -2.32. The van der Waals surface area contributed by atoms with Crippen molar-refractivity contribution in [3.63, 3.8) is 0 Å². The van der Waals surface area contributed by atoms with Crippen molar-refractivity contribution in [2.45, 2.75) is 76.5 Å². The number of rotatable bonds is 10. The average Bonchev–Trinajstić information content (AvgIpc) is 3.55. The first kappa shape index (κ1) is 29.2. The molecule has 41 heavy (non-hydrogen) atoms. The summed E-state index contributed by atoms with van der Waals surface area (Å²) in [6.07, 6.45) is 7.25. The van der Waals surface area contributed by atoms with Gasteiger partial charge < -0.3 is 29.2 Å². The summed E-state index contributed by atoms with van der Waals surface area (Å²) in [5.41, 5.74) is 1.01. The van der Waals surface area contributed by atoms with E-state index in [1.54, 1.807) is 24.1 Å². The van der Waals surface area contributed by atoms with E-state index in [1.165, 1.54) is 12.2 Å². The number of ether oxygens (including phenoxy) is 2. The summed E-state index contributed by atoms with van der Waals surface area (Å²) in [4.78, 5) is 30.9. The molecule has 1 aromatic heterocycles. The van der Waals surface area contributed by atoms with Gasteiger partial charge in [0.15, 0.2) is 11.4 Å². The van der Waals surface area contributed by atoms with Crippen LogP contribution in [0.15, 0.2) is 40.2 Å². The SMILES string of the molecule is COC[C@H]1CCC(COC2CCC(C(=O)O)CC2)N1C(=O)Cc1ccc2nc(NC3=CC(F)=CCC3C)oc2c1F. The molecule has 1 amide bonds. The molecule has 2 N–H and O–H groups in total. The number of allylic oxidation sites excluding steroid dienone is 4. The van der Waals surface area contributed by atoms with Crippen LogP contribution >= 0.6 is 0 Å². The Hall–Kier alpha value is -3.31. The lowest BCUT2D eigenvalue weighted by atomic mass is 9.87. The van der Waals surface area contributed by atoms with E-state index in [9.17, 15) is 19.1 Å². The van der Waals surface area contributed by atoms with Crippen molar-refractivity contribution in [3.05, 3.63) is 47.2 Å². The highest BCUT2D eigenvalue weighted by Gasteiger charge is 2.38. The van der Waals surface area contributed by atoms with Crippen LogP contribution in [0.5, 0.6) is 0 Å². The molecule has 2 aromatic rings. The van der Waals surface area contributed by atoms with Crippen LogP contribution < -0.4 is 5.32 Å². The van der Waals surface area contributed by atoms with Crippen LogP contribution in [0.4, 0.5) is 14.8 Å². The lowest BCUT2D eigenvalue weighted by Crippen LogP contribution is -2.46. The quantitative estimate of drug-likeness (QED) is 0.390. The number of benzene rings is 1. The number of aliphatic carboxylic acids is 1. The Morgan fingerprint density at radius 2 is 1.85 bits per heavy atom. The molecule has 2 heterocycles. The van der Waals surface area contributed by atoms with Gasteiger partial charge >= 0.3 is 5.97 Å². The minimum absolute atomic E-state index is 0.0275. The molecule has 2 unspecified atom stereocenters. The Morgan fingerprint density at radius 3 is 2.56 bits per heavy atom. The third-order valence-corrected chi connectivity index (χ3v) is 8.48. The summed E-state index contributed by atoms with van der Waals surface area (Å²) >= 11 is 0. The molecule has 1 saturated carbocycles. The van der Waals surface area contributed by atoms with E-state index in [0.717, 1.165) is 12.8 Å². The number of aromatic nitrogens is 1. The Kier molecular flexibility index (Phi) is 9.03. The van der Waals surface area contributed by atoms with E-state index in [4.69, 9.17) is 13.9 Å². The zero-order chi connectivity index (χ0) is 29.1. The molecule has 3 aliphatic rings. The highest BCUT2D eigenvalue weighted by atomic mass is 19.1. The highest BCUT2D eigenvalue weighted by molar-refractivity contribution is 5.83. The standard InChI is InChI=1S/C30H37F2N3O6/c1-17-3-7-20(31)14-25(17)34-30-33-24-12-6-19(27(32)28(24)41-30)13-26(36)35-21(15-39-2)8-9-22(35)16-40-23-10-4-18(5-11-23)29(37)38/h6-7,12,14,17-18,21-23H,3-5,8-11,13,15-16H2,1-2H3,(H,33,34)(H,37,38)/t17?,18?,21-,22?,23?/m1/s1. The van der Waals surface area contributed by atoms with Crippen molar-refractivity contribution < 1.29 is 37.4 Å². The second-order valence-electron chi connectivity index (χ2n) is 11.3. The molecule has 1 aromatic carbocycles. The molecule has 2 fully saturated rings. The number of carboxylic acids is 1. The number of fused-ring (bicyclic) bond motifs is 1. The summed E-state index contributed by atoms with van der Waals surface area (Å²) in [5, 5.41) is 12.2. The molecular formula is C30H37F2N3O6. The molecule has 3 atom stereocenters. The third kappa shape index (κ3) is 6.62.